The van der Waals surface area contributed by atoms with E-state index in [1.54, 1.807) is 0 Å². The fraction of sp³-hybridized carbons (Fsp3) is 0.933. The second-order valence-corrected chi connectivity index (χ2v) is 8.13. The second-order valence-electron chi connectivity index (χ2n) is 7.47. The first-order chi connectivity index (χ1) is 8.71. The number of cyclic esters (lactones) is 1. The smallest absolute Gasteiger partial charge is 0.312 e. The summed E-state index contributed by atoms with van der Waals surface area (Å²) in [6.45, 7) is 0.683. The van der Waals surface area contributed by atoms with Crippen molar-refractivity contribution in [2.24, 2.45) is 40.9 Å². The minimum Gasteiger partial charge on any atom is -0.465 e. The predicted octanol–water partition coefficient (Wildman–Crippen LogP) is 2.53. The molecule has 0 radical (unpaired) electrons. The van der Waals surface area contributed by atoms with Crippen molar-refractivity contribution in [1.29, 1.82) is 0 Å². The van der Waals surface area contributed by atoms with E-state index in [0.29, 0.717) is 17.8 Å². The molecule has 1 aliphatic heterocycles. The molecule has 1 spiro atoms. The monoisotopic (exact) mass is 264 g/mol. The summed E-state index contributed by atoms with van der Waals surface area (Å²) in [7, 11) is 0. The Kier molecular flexibility index (Phi) is 1.83. The van der Waals surface area contributed by atoms with Gasteiger partial charge in [0.05, 0.1) is 12.0 Å². The molecular formula is C15H20O2S. The lowest BCUT2D eigenvalue weighted by atomic mass is 9.60. The predicted molar refractivity (Wildman–Crippen MR) is 70.2 cm³/mol. The average molecular weight is 264 g/mol. The Balaban J connectivity index is 1.55. The zero-order valence-corrected chi connectivity index (χ0v) is 11.4. The molecule has 98 valence electrons. The molecule has 5 rings (SSSR count). The summed E-state index contributed by atoms with van der Waals surface area (Å²) < 4.78 is 5.34. The van der Waals surface area contributed by atoms with Crippen LogP contribution in [0.5, 0.6) is 0 Å². The molecule has 0 amide bonds. The van der Waals surface area contributed by atoms with E-state index in [9.17, 15) is 4.79 Å². The number of ether oxygens (including phenoxy) is 1. The maximum absolute atomic E-state index is 12.2. The van der Waals surface area contributed by atoms with Crippen LogP contribution in [-0.4, -0.2) is 17.8 Å². The van der Waals surface area contributed by atoms with Crippen molar-refractivity contribution in [3.8, 4) is 0 Å². The van der Waals surface area contributed by atoms with Crippen molar-refractivity contribution >= 4 is 18.6 Å². The first-order valence-corrected chi connectivity index (χ1v) is 8.08. The number of rotatable bonds is 0. The van der Waals surface area contributed by atoms with Crippen molar-refractivity contribution < 1.29 is 9.53 Å². The molecule has 2 nitrogen and oxygen atoms in total. The molecule has 4 bridgehead atoms. The maximum atomic E-state index is 12.2. The molecule has 0 aromatic heterocycles. The lowest BCUT2D eigenvalue weighted by Crippen LogP contribution is -2.44. The third kappa shape index (κ3) is 0.971. The SMILES string of the molecule is O=C1OCCC12CC1CC2C2C3CC(S)C(C3)C12. The molecule has 8 atom stereocenters. The van der Waals surface area contributed by atoms with E-state index >= 15 is 0 Å². The van der Waals surface area contributed by atoms with Crippen molar-refractivity contribution in [3.63, 3.8) is 0 Å². The minimum atomic E-state index is -0.0393. The molecule has 5 aliphatic rings. The molecule has 5 fully saturated rings. The van der Waals surface area contributed by atoms with Gasteiger partial charge in [0.25, 0.3) is 0 Å². The molecule has 18 heavy (non-hydrogen) atoms. The van der Waals surface area contributed by atoms with Gasteiger partial charge in [-0.1, -0.05) is 0 Å². The van der Waals surface area contributed by atoms with Crippen molar-refractivity contribution in [1.82, 2.24) is 0 Å². The van der Waals surface area contributed by atoms with E-state index in [0.717, 1.165) is 42.4 Å². The fourth-order valence-electron chi connectivity index (χ4n) is 6.84. The van der Waals surface area contributed by atoms with Gasteiger partial charge in [0.1, 0.15) is 0 Å². The second kappa shape index (κ2) is 3.11. The lowest BCUT2D eigenvalue weighted by molar-refractivity contribution is -0.151. The Morgan fingerprint density at radius 2 is 2.06 bits per heavy atom. The van der Waals surface area contributed by atoms with E-state index in [2.05, 4.69) is 0 Å². The fourth-order valence-corrected chi connectivity index (χ4v) is 7.43. The third-order valence-corrected chi connectivity index (χ3v) is 7.78. The van der Waals surface area contributed by atoms with E-state index in [4.69, 9.17) is 17.4 Å². The summed E-state index contributed by atoms with van der Waals surface area (Å²) in [6, 6.07) is 0. The number of hydrogen-bond acceptors (Lipinski definition) is 3. The van der Waals surface area contributed by atoms with Crippen molar-refractivity contribution in [2.45, 2.75) is 37.4 Å². The Morgan fingerprint density at radius 3 is 2.83 bits per heavy atom. The Bertz CT molecular complexity index is 436. The van der Waals surface area contributed by atoms with Crippen LogP contribution >= 0.6 is 12.6 Å². The summed E-state index contributed by atoms with van der Waals surface area (Å²) in [5, 5.41) is 0.655. The number of thiol groups is 1. The molecular weight excluding hydrogens is 244 g/mol. The van der Waals surface area contributed by atoms with Crippen LogP contribution in [0, 0.1) is 40.9 Å². The van der Waals surface area contributed by atoms with Gasteiger partial charge in [-0.3, -0.25) is 4.79 Å². The van der Waals surface area contributed by atoms with E-state index in [-0.39, 0.29) is 11.4 Å². The highest BCUT2D eigenvalue weighted by atomic mass is 32.1. The molecule has 4 aliphatic carbocycles. The van der Waals surface area contributed by atoms with Gasteiger partial charge in [0.15, 0.2) is 0 Å². The maximum Gasteiger partial charge on any atom is 0.312 e. The highest BCUT2D eigenvalue weighted by Gasteiger charge is 2.71. The summed E-state index contributed by atoms with van der Waals surface area (Å²) in [5.74, 6) is 5.14. The van der Waals surface area contributed by atoms with Crippen LogP contribution in [-0.2, 0) is 9.53 Å². The van der Waals surface area contributed by atoms with Crippen molar-refractivity contribution in [3.05, 3.63) is 0 Å². The van der Waals surface area contributed by atoms with Gasteiger partial charge < -0.3 is 4.74 Å². The van der Waals surface area contributed by atoms with Crippen LogP contribution in [0.3, 0.4) is 0 Å². The number of hydrogen-bond donors (Lipinski definition) is 1. The summed E-state index contributed by atoms with van der Waals surface area (Å²) in [5.41, 5.74) is -0.0393. The molecule has 4 saturated carbocycles. The standard InChI is InChI=1S/C15H20O2S/c16-14-15(1-2-17-14)6-8-4-10(15)13-7-3-9(12(8)13)11(18)5-7/h7-13,18H,1-6H2. The average Bonchev–Trinajstić information content (AvgIpc) is 3.05. The molecule has 1 saturated heterocycles. The summed E-state index contributed by atoms with van der Waals surface area (Å²) in [6.07, 6.45) is 6.18. The molecule has 0 N–H and O–H groups in total. The molecule has 0 aromatic carbocycles. The van der Waals surface area contributed by atoms with Gasteiger partial charge in [0.2, 0.25) is 0 Å². The van der Waals surface area contributed by atoms with Gasteiger partial charge in [-0.25, -0.2) is 0 Å². The van der Waals surface area contributed by atoms with Gasteiger partial charge in [-0.05, 0) is 67.6 Å². The van der Waals surface area contributed by atoms with Gasteiger partial charge in [-0.2, -0.15) is 12.6 Å². The quantitative estimate of drug-likeness (QED) is 0.413. The molecule has 3 heteroatoms. The van der Waals surface area contributed by atoms with Crippen LogP contribution in [0.15, 0.2) is 0 Å². The topological polar surface area (TPSA) is 26.3 Å². The normalized spacial score (nSPS) is 63.8. The van der Waals surface area contributed by atoms with E-state index in [1.165, 1.54) is 19.3 Å². The van der Waals surface area contributed by atoms with E-state index < -0.39 is 0 Å². The summed E-state index contributed by atoms with van der Waals surface area (Å²) in [4.78, 5) is 12.2. The molecule has 0 aromatic rings. The Labute approximate surface area is 113 Å². The summed E-state index contributed by atoms with van der Waals surface area (Å²) >= 11 is 4.80. The number of esters is 1. The number of carbonyl (C=O) groups is 1. The van der Waals surface area contributed by atoms with Gasteiger partial charge in [-0.15, -0.1) is 0 Å². The van der Waals surface area contributed by atoms with Crippen LogP contribution in [0.1, 0.15) is 32.1 Å². The lowest BCUT2D eigenvalue weighted by Gasteiger charge is -2.43. The zero-order valence-electron chi connectivity index (χ0n) is 10.5. The Morgan fingerprint density at radius 1 is 1.17 bits per heavy atom. The van der Waals surface area contributed by atoms with Crippen LogP contribution in [0.25, 0.3) is 0 Å². The number of carbonyl (C=O) groups excluding carboxylic acids is 1. The van der Waals surface area contributed by atoms with Crippen molar-refractivity contribution in [2.75, 3.05) is 6.61 Å². The van der Waals surface area contributed by atoms with Gasteiger partial charge >= 0.3 is 5.97 Å². The highest BCUT2D eigenvalue weighted by Crippen LogP contribution is 2.73. The molecule has 1 heterocycles. The minimum absolute atomic E-state index is 0.0393. The van der Waals surface area contributed by atoms with Gasteiger partial charge in [0, 0.05) is 5.25 Å². The van der Waals surface area contributed by atoms with Crippen LogP contribution < -0.4 is 0 Å². The van der Waals surface area contributed by atoms with Crippen LogP contribution in [0.2, 0.25) is 0 Å². The molecule has 8 unspecified atom stereocenters. The number of fused-ring (bicyclic) bond motifs is 10. The largest absolute Gasteiger partial charge is 0.465 e. The highest BCUT2D eigenvalue weighted by molar-refractivity contribution is 7.81. The third-order valence-electron chi connectivity index (χ3n) is 7.19. The first-order valence-electron chi connectivity index (χ1n) is 7.56. The van der Waals surface area contributed by atoms with Crippen LogP contribution in [0.4, 0.5) is 0 Å². The first kappa shape index (κ1) is 10.6. The Hall–Kier alpha value is -0.180. The zero-order chi connectivity index (χ0) is 12.1. The van der Waals surface area contributed by atoms with E-state index in [1.807, 2.05) is 0 Å².